The lowest BCUT2D eigenvalue weighted by Gasteiger charge is -2.14. The summed E-state index contributed by atoms with van der Waals surface area (Å²) < 4.78 is 0. The van der Waals surface area contributed by atoms with Crippen molar-refractivity contribution in [2.45, 2.75) is 20.3 Å². The van der Waals surface area contributed by atoms with Crippen molar-refractivity contribution in [2.75, 3.05) is 23.8 Å². The summed E-state index contributed by atoms with van der Waals surface area (Å²) in [5, 5.41) is 4.02. The van der Waals surface area contributed by atoms with E-state index in [-0.39, 0.29) is 5.91 Å². The number of benzene rings is 1. The third-order valence-electron chi connectivity index (χ3n) is 3.64. The highest BCUT2D eigenvalue weighted by Gasteiger charge is 2.23. The smallest absolute Gasteiger partial charge is 0.223 e. The summed E-state index contributed by atoms with van der Waals surface area (Å²) in [5.74, 6) is 0.110. The fraction of sp³-hybridized carbons (Fsp3) is 0.333. The van der Waals surface area contributed by atoms with Crippen molar-refractivity contribution in [3.05, 3.63) is 28.6 Å². The average molecular weight is 287 g/mol. The molecule has 0 radical (unpaired) electrons. The Labute approximate surface area is 122 Å². The molecule has 0 spiro atoms. The van der Waals surface area contributed by atoms with Crippen LogP contribution in [0.2, 0.25) is 0 Å². The molecule has 1 aromatic carbocycles. The van der Waals surface area contributed by atoms with Crippen LogP contribution in [0.5, 0.6) is 0 Å². The molecular weight excluding hydrogens is 270 g/mol. The van der Waals surface area contributed by atoms with Crippen LogP contribution in [-0.2, 0) is 11.2 Å². The lowest BCUT2D eigenvalue weighted by Crippen LogP contribution is -2.25. The number of hydrogen-bond donors (Lipinski definition) is 1. The number of carbonyl (C=O) groups is 1. The molecule has 0 atom stereocenters. The Bertz CT molecular complexity index is 678. The van der Waals surface area contributed by atoms with Crippen LogP contribution in [0.4, 0.5) is 10.8 Å². The van der Waals surface area contributed by atoms with Crippen molar-refractivity contribution in [3.63, 3.8) is 0 Å². The fourth-order valence-corrected chi connectivity index (χ4v) is 3.44. The van der Waals surface area contributed by atoms with Gasteiger partial charge in [-0.25, -0.2) is 4.98 Å². The minimum absolute atomic E-state index is 0.110. The topological polar surface area (TPSA) is 45.2 Å². The SMILES string of the molecule is CNc1nc(-c2ccc3c(c2)CCN3C(C)=O)c(C)s1. The molecule has 4 nitrogen and oxygen atoms in total. The maximum atomic E-state index is 11.6. The normalized spacial score (nSPS) is 13.4. The highest BCUT2D eigenvalue weighted by atomic mass is 32.1. The van der Waals surface area contributed by atoms with Crippen LogP contribution >= 0.6 is 11.3 Å². The monoisotopic (exact) mass is 287 g/mol. The van der Waals surface area contributed by atoms with E-state index in [1.165, 1.54) is 10.4 Å². The van der Waals surface area contributed by atoms with E-state index in [4.69, 9.17) is 0 Å². The van der Waals surface area contributed by atoms with E-state index in [9.17, 15) is 4.79 Å². The van der Waals surface area contributed by atoms with Gasteiger partial charge in [0.05, 0.1) is 5.69 Å². The molecule has 1 amide bonds. The molecule has 1 N–H and O–H groups in total. The quantitative estimate of drug-likeness (QED) is 0.923. The van der Waals surface area contributed by atoms with Crippen LogP contribution in [0.25, 0.3) is 11.3 Å². The number of carbonyl (C=O) groups excluding carboxylic acids is 1. The fourth-order valence-electron chi connectivity index (χ4n) is 2.65. The van der Waals surface area contributed by atoms with Crippen molar-refractivity contribution >= 4 is 28.1 Å². The second kappa shape index (κ2) is 4.90. The van der Waals surface area contributed by atoms with Gasteiger partial charge in [0, 0.05) is 36.6 Å². The van der Waals surface area contributed by atoms with Crippen LogP contribution in [-0.4, -0.2) is 24.5 Å². The molecule has 0 unspecified atom stereocenters. The Morgan fingerprint density at radius 2 is 2.25 bits per heavy atom. The molecule has 0 bridgehead atoms. The van der Waals surface area contributed by atoms with E-state index >= 15 is 0 Å². The Morgan fingerprint density at radius 3 is 2.90 bits per heavy atom. The molecular formula is C15H17N3OS. The van der Waals surface area contributed by atoms with Gasteiger partial charge in [-0.15, -0.1) is 11.3 Å². The first kappa shape index (κ1) is 13.1. The van der Waals surface area contributed by atoms with Gasteiger partial charge >= 0.3 is 0 Å². The Kier molecular flexibility index (Phi) is 3.22. The third-order valence-corrected chi connectivity index (χ3v) is 4.63. The van der Waals surface area contributed by atoms with Gasteiger partial charge < -0.3 is 10.2 Å². The van der Waals surface area contributed by atoms with Gasteiger partial charge in [0.2, 0.25) is 5.91 Å². The average Bonchev–Trinajstić information content (AvgIpc) is 3.01. The zero-order chi connectivity index (χ0) is 14.3. The molecule has 0 fully saturated rings. The van der Waals surface area contributed by atoms with Crippen LogP contribution in [0.15, 0.2) is 18.2 Å². The van der Waals surface area contributed by atoms with Crippen molar-refractivity contribution in [1.29, 1.82) is 0 Å². The zero-order valence-electron chi connectivity index (χ0n) is 11.9. The number of nitrogens with one attached hydrogen (secondary N) is 1. The Balaban J connectivity index is 2.01. The van der Waals surface area contributed by atoms with E-state index < -0.39 is 0 Å². The summed E-state index contributed by atoms with van der Waals surface area (Å²) in [5.41, 5.74) is 4.44. The van der Waals surface area contributed by atoms with Gasteiger partial charge in [-0.2, -0.15) is 0 Å². The Hall–Kier alpha value is -1.88. The number of amides is 1. The molecule has 0 saturated heterocycles. The number of nitrogens with zero attached hydrogens (tertiary/aromatic N) is 2. The van der Waals surface area contributed by atoms with Crippen molar-refractivity contribution < 1.29 is 4.79 Å². The van der Waals surface area contributed by atoms with Gasteiger partial charge in [0.25, 0.3) is 0 Å². The second-order valence-corrected chi connectivity index (χ2v) is 6.14. The van der Waals surface area contributed by atoms with E-state index in [0.717, 1.165) is 35.0 Å². The molecule has 5 heteroatoms. The summed E-state index contributed by atoms with van der Waals surface area (Å²) in [7, 11) is 1.88. The first-order valence-corrected chi connectivity index (χ1v) is 7.48. The van der Waals surface area contributed by atoms with Gasteiger partial charge in [-0.1, -0.05) is 6.07 Å². The number of aromatic nitrogens is 1. The van der Waals surface area contributed by atoms with Crippen molar-refractivity contribution in [1.82, 2.24) is 4.98 Å². The summed E-state index contributed by atoms with van der Waals surface area (Å²) >= 11 is 1.66. The second-order valence-electron chi connectivity index (χ2n) is 4.94. The van der Waals surface area contributed by atoms with Gasteiger partial charge in [0.1, 0.15) is 0 Å². The standard InChI is InChI=1S/C15H17N3OS/c1-9-14(17-15(16-3)20-9)12-4-5-13-11(8-12)6-7-18(13)10(2)19/h4-5,8H,6-7H2,1-3H3,(H,16,17). The molecule has 2 aromatic rings. The van der Waals surface area contributed by atoms with E-state index in [1.54, 1.807) is 18.3 Å². The molecule has 0 aliphatic carbocycles. The zero-order valence-corrected chi connectivity index (χ0v) is 12.7. The molecule has 0 saturated carbocycles. The lowest BCUT2D eigenvalue weighted by atomic mass is 10.1. The molecule has 1 aliphatic rings. The molecule has 20 heavy (non-hydrogen) atoms. The van der Waals surface area contributed by atoms with Gasteiger partial charge in [-0.3, -0.25) is 4.79 Å². The van der Waals surface area contributed by atoms with Crippen LogP contribution in [0.1, 0.15) is 17.4 Å². The molecule has 2 heterocycles. The molecule has 1 aliphatic heterocycles. The molecule has 104 valence electrons. The summed E-state index contributed by atoms with van der Waals surface area (Å²) in [6, 6.07) is 6.26. The van der Waals surface area contributed by atoms with Crippen molar-refractivity contribution in [2.24, 2.45) is 0 Å². The first-order chi connectivity index (χ1) is 9.60. The van der Waals surface area contributed by atoms with Crippen LogP contribution in [0.3, 0.4) is 0 Å². The number of hydrogen-bond acceptors (Lipinski definition) is 4. The minimum atomic E-state index is 0.110. The predicted molar refractivity (Wildman–Crippen MR) is 83.6 cm³/mol. The van der Waals surface area contributed by atoms with E-state index in [0.29, 0.717) is 0 Å². The number of aryl methyl sites for hydroxylation is 1. The lowest BCUT2D eigenvalue weighted by molar-refractivity contribution is -0.116. The minimum Gasteiger partial charge on any atom is -0.365 e. The largest absolute Gasteiger partial charge is 0.365 e. The van der Waals surface area contributed by atoms with Crippen LogP contribution < -0.4 is 10.2 Å². The highest BCUT2D eigenvalue weighted by Crippen LogP contribution is 2.35. The van der Waals surface area contributed by atoms with Gasteiger partial charge in [0.15, 0.2) is 5.13 Å². The maximum Gasteiger partial charge on any atom is 0.223 e. The van der Waals surface area contributed by atoms with Crippen molar-refractivity contribution in [3.8, 4) is 11.3 Å². The first-order valence-electron chi connectivity index (χ1n) is 6.66. The molecule has 3 rings (SSSR count). The number of fused-ring (bicyclic) bond motifs is 1. The highest BCUT2D eigenvalue weighted by molar-refractivity contribution is 7.15. The van der Waals surface area contributed by atoms with E-state index in [1.807, 2.05) is 18.0 Å². The maximum absolute atomic E-state index is 11.6. The Morgan fingerprint density at radius 1 is 1.45 bits per heavy atom. The van der Waals surface area contributed by atoms with E-state index in [2.05, 4.69) is 29.4 Å². The number of anilines is 2. The summed E-state index contributed by atoms with van der Waals surface area (Å²) in [6.45, 7) is 4.49. The predicted octanol–water partition coefficient (Wildman–Crippen LogP) is 3.07. The number of thiazole rings is 1. The van der Waals surface area contributed by atoms with Gasteiger partial charge in [-0.05, 0) is 31.0 Å². The summed E-state index contributed by atoms with van der Waals surface area (Å²) in [4.78, 5) is 19.2. The number of rotatable bonds is 2. The molecule has 1 aromatic heterocycles. The van der Waals surface area contributed by atoms with Crippen LogP contribution in [0, 0.1) is 6.92 Å². The third kappa shape index (κ3) is 2.08. The summed E-state index contributed by atoms with van der Waals surface area (Å²) in [6.07, 6.45) is 0.921.